The zero-order valence-corrected chi connectivity index (χ0v) is 17.9. The third-order valence-corrected chi connectivity index (χ3v) is 5.52. The van der Waals surface area contributed by atoms with Gasteiger partial charge in [0.2, 0.25) is 11.8 Å². The Morgan fingerprint density at radius 2 is 1.97 bits per heavy atom. The topological polar surface area (TPSA) is 94.3 Å². The highest BCUT2D eigenvalue weighted by Gasteiger charge is 2.58. The van der Waals surface area contributed by atoms with E-state index < -0.39 is 24.6 Å². The van der Waals surface area contributed by atoms with Crippen LogP contribution in [0.4, 0.5) is 27.8 Å². The van der Waals surface area contributed by atoms with Crippen molar-refractivity contribution in [1.82, 2.24) is 24.6 Å². The summed E-state index contributed by atoms with van der Waals surface area (Å²) >= 11 is 1.38. The van der Waals surface area contributed by atoms with E-state index in [4.69, 9.17) is 0 Å². The number of thioether (sulfide) groups is 1. The molecule has 1 fully saturated rings. The molecule has 0 bridgehead atoms. The number of fused-ring (bicyclic) bond motifs is 1. The van der Waals surface area contributed by atoms with Crippen LogP contribution in [0.3, 0.4) is 0 Å². The van der Waals surface area contributed by atoms with Crippen molar-refractivity contribution in [2.24, 2.45) is 5.92 Å². The number of carbonyl (C=O) groups excluding carboxylic acids is 1. The Morgan fingerprint density at radius 3 is 2.58 bits per heavy atom. The highest BCUT2D eigenvalue weighted by molar-refractivity contribution is 7.99. The second-order valence-corrected chi connectivity index (χ2v) is 8.43. The van der Waals surface area contributed by atoms with E-state index >= 15 is 0 Å². The van der Waals surface area contributed by atoms with E-state index in [1.807, 2.05) is 6.92 Å². The Morgan fingerprint density at radius 1 is 1.21 bits per heavy atom. The van der Waals surface area contributed by atoms with Crippen molar-refractivity contribution in [3.8, 4) is 17.1 Å². The van der Waals surface area contributed by atoms with Gasteiger partial charge in [-0.25, -0.2) is 15.0 Å². The first kappa shape index (κ1) is 23.1. The van der Waals surface area contributed by atoms with Crippen LogP contribution < -0.4 is 10.1 Å². The number of nitrogens with one attached hydrogen (secondary N) is 1. The molecule has 33 heavy (non-hydrogen) atoms. The van der Waals surface area contributed by atoms with Gasteiger partial charge < -0.3 is 10.1 Å². The van der Waals surface area contributed by atoms with E-state index in [1.165, 1.54) is 28.7 Å². The van der Waals surface area contributed by atoms with E-state index in [1.54, 1.807) is 6.07 Å². The maximum atomic E-state index is 13.1. The fourth-order valence-electron chi connectivity index (χ4n) is 2.82. The summed E-state index contributed by atoms with van der Waals surface area (Å²) in [6.07, 6.45) is -0.449. The number of halogens is 5. The molecule has 1 amide bonds. The maximum absolute atomic E-state index is 13.1. The molecule has 0 saturated heterocycles. The highest BCUT2D eigenvalue weighted by atomic mass is 32.2. The van der Waals surface area contributed by atoms with Crippen LogP contribution in [0.2, 0.25) is 0 Å². The number of amides is 1. The van der Waals surface area contributed by atoms with Crippen LogP contribution in [0.25, 0.3) is 16.9 Å². The molecule has 0 atom stereocenters. The number of rotatable bonds is 8. The smallest absolute Gasteiger partial charge is 0.456 e. The third-order valence-electron chi connectivity index (χ3n) is 4.67. The molecule has 3 heterocycles. The van der Waals surface area contributed by atoms with Crippen LogP contribution in [0, 0.1) is 5.92 Å². The summed E-state index contributed by atoms with van der Waals surface area (Å²) in [4.78, 5) is 24.4. The number of aromatic nitrogens is 5. The summed E-state index contributed by atoms with van der Waals surface area (Å²) in [6.45, 7) is -0.00506. The molecule has 0 spiro atoms. The zero-order chi connectivity index (χ0) is 23.8. The molecule has 1 aliphatic carbocycles. The first-order chi connectivity index (χ1) is 15.6. The second-order valence-electron chi connectivity index (χ2n) is 7.17. The standard InChI is InChI=1S/C19H17F5N6O2S/c1-2-33-17-14(11-7-27-13(8-26-11)32-9-18(20,21)19(22,23)24)15-25-6-5-12(30(15)29-17)28-16(31)10-3-4-10/h5-8,10H,2-4,9H2,1H3,(H,28,31). The van der Waals surface area contributed by atoms with Crippen molar-refractivity contribution in [2.45, 2.75) is 36.9 Å². The molecular weight excluding hydrogens is 471 g/mol. The van der Waals surface area contributed by atoms with Gasteiger partial charge in [-0.05, 0) is 24.7 Å². The number of anilines is 1. The summed E-state index contributed by atoms with van der Waals surface area (Å²) in [7, 11) is 0. The van der Waals surface area contributed by atoms with Gasteiger partial charge in [0.25, 0.3) is 0 Å². The monoisotopic (exact) mass is 488 g/mol. The predicted molar refractivity (Wildman–Crippen MR) is 108 cm³/mol. The van der Waals surface area contributed by atoms with Crippen molar-refractivity contribution in [3.05, 3.63) is 24.7 Å². The normalized spacial score (nSPS) is 14.5. The number of ether oxygens (including phenoxy) is 1. The van der Waals surface area contributed by atoms with Crippen molar-refractivity contribution >= 4 is 29.1 Å². The molecule has 0 unspecified atom stereocenters. The zero-order valence-electron chi connectivity index (χ0n) is 17.1. The molecule has 0 aromatic carbocycles. The largest absolute Gasteiger partial charge is 0.470 e. The van der Waals surface area contributed by atoms with E-state index in [9.17, 15) is 26.7 Å². The Kier molecular flexibility index (Phi) is 6.12. The predicted octanol–water partition coefficient (Wildman–Crippen LogP) is 4.22. The molecule has 1 N–H and O–H groups in total. The molecule has 8 nitrogen and oxygen atoms in total. The van der Waals surface area contributed by atoms with E-state index in [0.717, 1.165) is 19.0 Å². The van der Waals surface area contributed by atoms with E-state index in [-0.39, 0.29) is 17.5 Å². The van der Waals surface area contributed by atoms with E-state index in [0.29, 0.717) is 27.8 Å². The van der Waals surface area contributed by atoms with Gasteiger partial charge in [0.1, 0.15) is 10.8 Å². The van der Waals surface area contributed by atoms with Gasteiger partial charge in [-0.2, -0.15) is 31.6 Å². The molecule has 0 radical (unpaired) electrons. The van der Waals surface area contributed by atoms with Crippen molar-refractivity contribution in [2.75, 3.05) is 17.7 Å². The lowest BCUT2D eigenvalue weighted by Crippen LogP contribution is -2.41. The number of carbonyl (C=O) groups is 1. The lowest BCUT2D eigenvalue weighted by molar-refractivity contribution is -0.290. The third kappa shape index (κ3) is 4.84. The number of nitrogens with zero attached hydrogens (tertiary/aromatic N) is 5. The number of hydrogen-bond donors (Lipinski definition) is 1. The highest BCUT2D eigenvalue weighted by Crippen LogP contribution is 2.37. The molecule has 1 aliphatic rings. The fourth-order valence-corrected chi connectivity index (χ4v) is 3.58. The minimum Gasteiger partial charge on any atom is -0.470 e. The molecule has 176 valence electrons. The quantitative estimate of drug-likeness (QED) is 0.375. The van der Waals surface area contributed by atoms with Gasteiger partial charge in [0.05, 0.1) is 23.7 Å². The van der Waals surface area contributed by atoms with Gasteiger partial charge in [0.15, 0.2) is 12.3 Å². The van der Waals surface area contributed by atoms with Gasteiger partial charge in [-0.3, -0.25) is 4.79 Å². The first-order valence-electron chi connectivity index (χ1n) is 9.82. The van der Waals surface area contributed by atoms with Crippen LogP contribution in [0.15, 0.2) is 29.7 Å². The molecule has 4 rings (SSSR count). The van der Waals surface area contributed by atoms with Crippen LogP contribution >= 0.6 is 11.8 Å². The summed E-state index contributed by atoms with van der Waals surface area (Å²) in [5, 5.41) is 7.87. The van der Waals surface area contributed by atoms with Crippen LogP contribution in [0.1, 0.15) is 19.8 Å². The Bertz CT molecular complexity index is 1160. The van der Waals surface area contributed by atoms with Gasteiger partial charge in [-0.1, -0.05) is 6.92 Å². The lowest BCUT2D eigenvalue weighted by atomic mass is 10.2. The molecule has 14 heteroatoms. The minimum atomic E-state index is -5.73. The molecular formula is C19H17F5N6O2S. The summed E-state index contributed by atoms with van der Waals surface area (Å²) < 4.78 is 69.0. The molecule has 1 saturated carbocycles. The van der Waals surface area contributed by atoms with Crippen molar-refractivity contribution in [3.63, 3.8) is 0 Å². The molecule has 0 aliphatic heterocycles. The fraction of sp³-hybridized carbons (Fsp3) is 0.421. The summed E-state index contributed by atoms with van der Waals surface area (Å²) in [6, 6.07) is 1.61. The molecule has 3 aromatic heterocycles. The Balaban J connectivity index is 1.63. The second kappa shape index (κ2) is 8.72. The SMILES string of the molecule is CCSc1nn2c(NC(=O)C3CC3)ccnc2c1-c1cnc(OCC(F)(F)C(F)(F)F)cn1. The maximum Gasteiger partial charge on any atom is 0.456 e. The summed E-state index contributed by atoms with van der Waals surface area (Å²) in [5.41, 5.74) is 1.10. The van der Waals surface area contributed by atoms with Crippen LogP contribution in [-0.4, -0.2) is 54.9 Å². The summed E-state index contributed by atoms with van der Waals surface area (Å²) in [5.74, 6) is -4.57. The van der Waals surface area contributed by atoms with E-state index in [2.05, 4.69) is 30.1 Å². The number of alkyl halides is 5. The average Bonchev–Trinajstić information content (AvgIpc) is 3.54. The Labute approximate surface area is 188 Å². The lowest BCUT2D eigenvalue weighted by Gasteiger charge is -2.19. The first-order valence-corrected chi connectivity index (χ1v) is 10.8. The minimum absolute atomic E-state index is 0.0177. The Hall–Kier alpha value is -3.03. The van der Waals surface area contributed by atoms with Gasteiger partial charge in [-0.15, -0.1) is 11.8 Å². The number of hydrogen-bond acceptors (Lipinski definition) is 7. The van der Waals surface area contributed by atoms with Crippen molar-refractivity contribution < 1.29 is 31.5 Å². The van der Waals surface area contributed by atoms with Gasteiger partial charge in [0, 0.05) is 12.1 Å². The van der Waals surface area contributed by atoms with Crippen LogP contribution in [-0.2, 0) is 4.79 Å². The van der Waals surface area contributed by atoms with Crippen molar-refractivity contribution in [1.29, 1.82) is 0 Å². The van der Waals surface area contributed by atoms with Crippen LogP contribution in [0.5, 0.6) is 5.88 Å². The average molecular weight is 488 g/mol. The molecule has 3 aromatic rings. The van der Waals surface area contributed by atoms with Gasteiger partial charge >= 0.3 is 12.1 Å².